The molecule has 1 aliphatic rings. The highest BCUT2D eigenvalue weighted by molar-refractivity contribution is 5.85. The summed E-state index contributed by atoms with van der Waals surface area (Å²) < 4.78 is 51.5. The van der Waals surface area contributed by atoms with Gasteiger partial charge in [-0.2, -0.15) is 18.2 Å². The summed E-state index contributed by atoms with van der Waals surface area (Å²) in [4.78, 5) is 8.19. The Balaban J connectivity index is 0.00000182. The molecule has 0 atom stereocenters. The first-order valence-electron chi connectivity index (χ1n) is 7.72. The van der Waals surface area contributed by atoms with Crippen LogP contribution in [0.5, 0.6) is 0 Å². The number of nitrogens with two attached hydrogens (primary N) is 2. The van der Waals surface area contributed by atoms with Gasteiger partial charge in [0, 0.05) is 30.1 Å². The average Bonchev–Trinajstić information content (AvgIpc) is 2.49. The first-order chi connectivity index (χ1) is 11.7. The van der Waals surface area contributed by atoms with E-state index in [9.17, 15) is 17.6 Å². The molecule has 0 saturated heterocycles. The standard InChI is InChI=1S/C16H17F4N5.2ClH/c17-12-5-10(16(18,19)20)2-1-8(12)7-23-14-6-13(24-15(22)25-14)9-3-11(21)4-9;;/h1-2,5-6,9,11H,3-4,7,21H2,(H3,22,23,24,25);2*1H. The second-order valence-electron chi connectivity index (χ2n) is 6.12. The van der Waals surface area contributed by atoms with Gasteiger partial charge < -0.3 is 16.8 Å². The van der Waals surface area contributed by atoms with Crippen LogP contribution < -0.4 is 16.8 Å². The van der Waals surface area contributed by atoms with E-state index in [0.29, 0.717) is 11.9 Å². The van der Waals surface area contributed by atoms with Crippen LogP contribution in [0.15, 0.2) is 24.3 Å². The van der Waals surface area contributed by atoms with E-state index in [1.54, 1.807) is 6.07 Å². The number of nitrogen functional groups attached to an aromatic ring is 1. The van der Waals surface area contributed by atoms with Crippen molar-refractivity contribution < 1.29 is 17.6 Å². The number of aromatic nitrogens is 2. The van der Waals surface area contributed by atoms with Crippen molar-refractivity contribution in [2.24, 2.45) is 5.73 Å². The molecule has 1 saturated carbocycles. The quantitative estimate of drug-likeness (QED) is 0.644. The summed E-state index contributed by atoms with van der Waals surface area (Å²) in [6.07, 6.45) is -2.96. The van der Waals surface area contributed by atoms with Crippen molar-refractivity contribution in [1.29, 1.82) is 0 Å². The van der Waals surface area contributed by atoms with E-state index in [2.05, 4.69) is 15.3 Å². The van der Waals surface area contributed by atoms with Crippen LogP contribution in [0, 0.1) is 5.82 Å². The van der Waals surface area contributed by atoms with Crippen LogP contribution >= 0.6 is 24.8 Å². The molecule has 3 rings (SSSR count). The number of anilines is 2. The van der Waals surface area contributed by atoms with Gasteiger partial charge in [0.05, 0.1) is 11.3 Å². The molecular formula is C16H19Cl2F4N5. The zero-order valence-electron chi connectivity index (χ0n) is 14.0. The van der Waals surface area contributed by atoms with Crippen molar-refractivity contribution in [1.82, 2.24) is 9.97 Å². The lowest BCUT2D eigenvalue weighted by molar-refractivity contribution is -0.137. The van der Waals surface area contributed by atoms with Crippen LogP contribution in [0.2, 0.25) is 0 Å². The number of alkyl halides is 3. The number of benzene rings is 1. The van der Waals surface area contributed by atoms with Gasteiger partial charge in [0.15, 0.2) is 0 Å². The minimum Gasteiger partial charge on any atom is -0.368 e. The predicted octanol–water partition coefficient (Wildman–Crippen LogP) is 3.88. The highest BCUT2D eigenvalue weighted by Gasteiger charge is 2.31. The SMILES string of the molecule is Cl.Cl.Nc1nc(NCc2ccc(C(F)(F)F)cc2F)cc(C2CC(N)C2)n1. The van der Waals surface area contributed by atoms with Gasteiger partial charge >= 0.3 is 6.18 Å². The largest absolute Gasteiger partial charge is 0.416 e. The second-order valence-corrected chi connectivity index (χ2v) is 6.12. The lowest BCUT2D eigenvalue weighted by atomic mass is 9.78. The van der Waals surface area contributed by atoms with E-state index in [1.165, 1.54) is 0 Å². The van der Waals surface area contributed by atoms with Crippen molar-refractivity contribution in [3.05, 3.63) is 46.9 Å². The van der Waals surface area contributed by atoms with Gasteiger partial charge in [-0.15, -0.1) is 24.8 Å². The molecule has 0 bridgehead atoms. The smallest absolute Gasteiger partial charge is 0.368 e. The summed E-state index contributed by atoms with van der Waals surface area (Å²) >= 11 is 0. The van der Waals surface area contributed by atoms with Gasteiger partial charge in [0.25, 0.3) is 0 Å². The Hall–Kier alpha value is -1.84. The summed E-state index contributed by atoms with van der Waals surface area (Å²) in [6, 6.07) is 4.28. The first-order valence-corrected chi connectivity index (χ1v) is 7.72. The van der Waals surface area contributed by atoms with Crippen LogP contribution in [0.4, 0.5) is 29.3 Å². The molecule has 0 unspecified atom stereocenters. The van der Waals surface area contributed by atoms with E-state index in [1.807, 2.05) is 0 Å². The Morgan fingerprint density at radius 3 is 2.33 bits per heavy atom. The van der Waals surface area contributed by atoms with Gasteiger partial charge in [0.2, 0.25) is 5.95 Å². The van der Waals surface area contributed by atoms with E-state index < -0.39 is 17.6 Å². The monoisotopic (exact) mass is 427 g/mol. The molecule has 0 radical (unpaired) electrons. The lowest BCUT2D eigenvalue weighted by Gasteiger charge is -2.32. The third kappa shape index (κ3) is 5.57. The Bertz CT molecular complexity index is 782. The highest BCUT2D eigenvalue weighted by Crippen LogP contribution is 2.35. The third-order valence-electron chi connectivity index (χ3n) is 4.20. The van der Waals surface area contributed by atoms with E-state index in [-0.39, 0.29) is 54.8 Å². The van der Waals surface area contributed by atoms with Crippen LogP contribution in [-0.4, -0.2) is 16.0 Å². The molecule has 5 nitrogen and oxygen atoms in total. The maximum Gasteiger partial charge on any atom is 0.416 e. The molecule has 0 amide bonds. The fourth-order valence-corrected chi connectivity index (χ4v) is 2.74. The molecule has 1 aromatic heterocycles. The third-order valence-corrected chi connectivity index (χ3v) is 4.20. The Labute approximate surface area is 165 Å². The minimum absolute atomic E-state index is 0. The van der Waals surface area contributed by atoms with Crippen molar-refractivity contribution in [2.45, 2.75) is 37.5 Å². The van der Waals surface area contributed by atoms with Gasteiger partial charge in [-0.25, -0.2) is 9.37 Å². The Kier molecular flexibility index (Phi) is 7.65. The normalized spacial score (nSPS) is 18.7. The zero-order chi connectivity index (χ0) is 18.2. The summed E-state index contributed by atoms with van der Waals surface area (Å²) in [7, 11) is 0. The van der Waals surface area contributed by atoms with Crippen LogP contribution in [0.1, 0.15) is 35.6 Å². The highest BCUT2D eigenvalue weighted by atomic mass is 35.5. The summed E-state index contributed by atoms with van der Waals surface area (Å²) in [5.74, 6) is -0.256. The maximum atomic E-state index is 13.9. The molecular weight excluding hydrogens is 409 g/mol. The van der Waals surface area contributed by atoms with Crippen molar-refractivity contribution in [3.8, 4) is 0 Å². The van der Waals surface area contributed by atoms with E-state index in [4.69, 9.17) is 11.5 Å². The number of hydrogen-bond acceptors (Lipinski definition) is 5. The van der Waals surface area contributed by atoms with Crippen LogP contribution in [0.25, 0.3) is 0 Å². The number of rotatable bonds is 4. The van der Waals surface area contributed by atoms with Crippen molar-refractivity contribution >= 4 is 36.6 Å². The fraction of sp³-hybridized carbons (Fsp3) is 0.375. The van der Waals surface area contributed by atoms with Gasteiger partial charge in [-0.3, -0.25) is 0 Å². The molecule has 11 heteroatoms. The summed E-state index contributed by atoms with van der Waals surface area (Å²) in [5.41, 5.74) is 11.3. The number of halogens is 6. The number of nitrogens with zero attached hydrogens (tertiary/aromatic N) is 2. The molecule has 1 aliphatic carbocycles. The molecule has 5 N–H and O–H groups in total. The summed E-state index contributed by atoms with van der Waals surface area (Å²) in [5, 5.41) is 2.87. The zero-order valence-corrected chi connectivity index (χ0v) is 15.6. The van der Waals surface area contributed by atoms with E-state index in [0.717, 1.165) is 30.7 Å². The Morgan fingerprint density at radius 1 is 1.11 bits per heavy atom. The summed E-state index contributed by atoms with van der Waals surface area (Å²) in [6.45, 7) is -0.0238. The maximum absolute atomic E-state index is 13.9. The fourth-order valence-electron chi connectivity index (χ4n) is 2.74. The molecule has 150 valence electrons. The van der Waals surface area contributed by atoms with Gasteiger partial charge in [0.1, 0.15) is 11.6 Å². The van der Waals surface area contributed by atoms with Crippen molar-refractivity contribution in [2.75, 3.05) is 11.1 Å². The number of hydrogen-bond donors (Lipinski definition) is 3. The second kappa shape index (κ2) is 8.90. The lowest BCUT2D eigenvalue weighted by Crippen LogP contribution is -2.35. The molecule has 1 heterocycles. The van der Waals surface area contributed by atoms with Crippen molar-refractivity contribution in [3.63, 3.8) is 0 Å². The van der Waals surface area contributed by atoms with Crippen LogP contribution in [-0.2, 0) is 12.7 Å². The molecule has 2 aromatic rings. The average molecular weight is 428 g/mol. The topological polar surface area (TPSA) is 89.8 Å². The first kappa shape index (κ1) is 23.2. The molecule has 1 fully saturated rings. The molecule has 1 aromatic carbocycles. The van der Waals surface area contributed by atoms with Gasteiger partial charge in [-0.05, 0) is 25.0 Å². The Morgan fingerprint density at radius 2 is 1.78 bits per heavy atom. The van der Waals surface area contributed by atoms with Gasteiger partial charge in [-0.1, -0.05) is 6.07 Å². The minimum atomic E-state index is -4.58. The van der Waals surface area contributed by atoms with E-state index >= 15 is 0 Å². The number of nitrogens with one attached hydrogen (secondary N) is 1. The molecule has 0 spiro atoms. The molecule has 27 heavy (non-hydrogen) atoms. The predicted molar refractivity (Wildman–Crippen MR) is 99.6 cm³/mol. The van der Waals surface area contributed by atoms with Crippen LogP contribution in [0.3, 0.4) is 0 Å². The molecule has 0 aliphatic heterocycles.